The van der Waals surface area contributed by atoms with E-state index in [-0.39, 0.29) is 17.7 Å². The molecular formula is C16H19NO3. The second-order valence-electron chi connectivity index (χ2n) is 4.96. The van der Waals surface area contributed by atoms with E-state index in [4.69, 9.17) is 14.9 Å². The first-order chi connectivity index (χ1) is 9.60. The van der Waals surface area contributed by atoms with Gasteiger partial charge in [0.1, 0.15) is 18.6 Å². The molecule has 0 spiro atoms. The van der Waals surface area contributed by atoms with E-state index in [1.165, 1.54) is 17.9 Å². The predicted molar refractivity (Wildman–Crippen MR) is 77.7 cm³/mol. The quantitative estimate of drug-likeness (QED) is 0.909. The van der Waals surface area contributed by atoms with Crippen molar-refractivity contribution in [3.05, 3.63) is 63.7 Å². The van der Waals surface area contributed by atoms with Gasteiger partial charge in [-0.1, -0.05) is 38.1 Å². The smallest absolute Gasteiger partial charge is 0.227 e. The fraction of sp³-hybridized carbons (Fsp3) is 0.312. The molecule has 0 aliphatic rings. The maximum atomic E-state index is 11.7. The van der Waals surface area contributed by atoms with E-state index in [0.29, 0.717) is 18.3 Å². The van der Waals surface area contributed by atoms with E-state index in [0.717, 1.165) is 5.56 Å². The normalized spacial score (nSPS) is 10.8. The Balaban J connectivity index is 2.03. The number of hydrogen-bond donors (Lipinski definition) is 1. The van der Waals surface area contributed by atoms with E-state index in [2.05, 4.69) is 26.0 Å². The summed E-state index contributed by atoms with van der Waals surface area (Å²) in [7, 11) is 0. The van der Waals surface area contributed by atoms with E-state index >= 15 is 0 Å². The van der Waals surface area contributed by atoms with Crippen molar-refractivity contribution in [2.45, 2.75) is 32.9 Å². The third-order valence-electron chi connectivity index (χ3n) is 3.09. The summed E-state index contributed by atoms with van der Waals surface area (Å²) in [6.07, 6.45) is 1.31. The fourth-order valence-corrected chi connectivity index (χ4v) is 1.81. The average molecular weight is 273 g/mol. The molecule has 1 aromatic heterocycles. The van der Waals surface area contributed by atoms with Crippen LogP contribution in [0.5, 0.6) is 5.75 Å². The summed E-state index contributed by atoms with van der Waals surface area (Å²) >= 11 is 0. The topological polar surface area (TPSA) is 65.5 Å². The van der Waals surface area contributed by atoms with Gasteiger partial charge in [-0.2, -0.15) is 0 Å². The van der Waals surface area contributed by atoms with E-state index in [1.807, 2.05) is 12.1 Å². The summed E-state index contributed by atoms with van der Waals surface area (Å²) in [6.45, 7) is 4.84. The van der Waals surface area contributed by atoms with Gasteiger partial charge >= 0.3 is 0 Å². The zero-order valence-electron chi connectivity index (χ0n) is 11.8. The molecule has 2 rings (SSSR count). The van der Waals surface area contributed by atoms with Crippen molar-refractivity contribution >= 4 is 0 Å². The molecule has 0 bridgehead atoms. The molecule has 2 aromatic rings. The lowest BCUT2D eigenvalue weighted by Crippen LogP contribution is -2.09. The molecule has 0 radical (unpaired) electrons. The van der Waals surface area contributed by atoms with Gasteiger partial charge in [0.25, 0.3) is 0 Å². The molecule has 0 saturated carbocycles. The molecule has 0 aliphatic carbocycles. The maximum Gasteiger partial charge on any atom is 0.227 e. The van der Waals surface area contributed by atoms with Crippen LogP contribution >= 0.6 is 0 Å². The standard InChI is InChI=1S/C16H19NO3/c1-11(2)13-5-3-12(4-6-13)9-20-16-10-19-14(8-17)7-15(16)18/h3-7,10-11H,8-9,17H2,1-2H3. The van der Waals surface area contributed by atoms with Gasteiger partial charge < -0.3 is 14.9 Å². The Morgan fingerprint density at radius 1 is 1.25 bits per heavy atom. The first-order valence-electron chi connectivity index (χ1n) is 6.63. The molecule has 2 N–H and O–H groups in total. The minimum absolute atomic E-state index is 0.201. The zero-order chi connectivity index (χ0) is 14.5. The van der Waals surface area contributed by atoms with E-state index < -0.39 is 0 Å². The number of ether oxygens (including phenoxy) is 1. The van der Waals surface area contributed by atoms with Gasteiger partial charge in [0.05, 0.1) is 6.54 Å². The van der Waals surface area contributed by atoms with Gasteiger partial charge in [-0.15, -0.1) is 0 Å². The predicted octanol–water partition coefficient (Wildman–Crippen LogP) is 2.80. The van der Waals surface area contributed by atoms with Crippen LogP contribution in [-0.2, 0) is 13.2 Å². The van der Waals surface area contributed by atoms with E-state index in [1.54, 1.807) is 0 Å². The molecule has 4 nitrogen and oxygen atoms in total. The summed E-state index contributed by atoms with van der Waals surface area (Å²) in [5.41, 5.74) is 7.48. The Kier molecular flexibility index (Phi) is 4.58. The summed E-state index contributed by atoms with van der Waals surface area (Å²) < 4.78 is 10.7. The molecule has 0 unspecified atom stereocenters. The molecule has 0 amide bonds. The van der Waals surface area contributed by atoms with Crippen LogP contribution in [0.2, 0.25) is 0 Å². The Labute approximate surface area is 118 Å². The van der Waals surface area contributed by atoms with Crippen LogP contribution in [0, 0.1) is 0 Å². The van der Waals surface area contributed by atoms with Crippen molar-refractivity contribution in [2.75, 3.05) is 0 Å². The lowest BCUT2D eigenvalue weighted by Gasteiger charge is -2.08. The molecular weight excluding hydrogens is 254 g/mol. The Morgan fingerprint density at radius 2 is 1.95 bits per heavy atom. The largest absolute Gasteiger partial charge is 0.482 e. The lowest BCUT2D eigenvalue weighted by molar-refractivity contribution is 0.289. The van der Waals surface area contributed by atoms with Crippen LogP contribution in [0.15, 0.2) is 45.8 Å². The maximum absolute atomic E-state index is 11.7. The van der Waals surface area contributed by atoms with Crippen molar-refractivity contribution in [1.29, 1.82) is 0 Å². The van der Waals surface area contributed by atoms with Gasteiger partial charge in [-0.3, -0.25) is 4.79 Å². The molecule has 0 saturated heterocycles. The fourth-order valence-electron chi connectivity index (χ4n) is 1.81. The Morgan fingerprint density at radius 3 is 2.50 bits per heavy atom. The number of rotatable bonds is 5. The minimum Gasteiger partial charge on any atom is -0.482 e. The van der Waals surface area contributed by atoms with Gasteiger partial charge in [-0.25, -0.2) is 0 Å². The van der Waals surface area contributed by atoms with Crippen molar-refractivity contribution in [3.8, 4) is 5.75 Å². The highest BCUT2D eigenvalue weighted by Crippen LogP contribution is 2.15. The monoisotopic (exact) mass is 273 g/mol. The zero-order valence-corrected chi connectivity index (χ0v) is 11.8. The molecule has 106 valence electrons. The molecule has 0 atom stereocenters. The third kappa shape index (κ3) is 3.48. The first-order valence-corrected chi connectivity index (χ1v) is 6.63. The molecule has 0 aliphatic heterocycles. The number of benzene rings is 1. The van der Waals surface area contributed by atoms with Crippen molar-refractivity contribution in [3.63, 3.8) is 0 Å². The Bertz CT molecular complexity index is 614. The van der Waals surface area contributed by atoms with Gasteiger partial charge in [0.15, 0.2) is 0 Å². The van der Waals surface area contributed by atoms with Crippen LogP contribution in [0.3, 0.4) is 0 Å². The van der Waals surface area contributed by atoms with Crippen molar-refractivity contribution in [2.24, 2.45) is 5.73 Å². The first kappa shape index (κ1) is 14.3. The number of nitrogens with two attached hydrogens (primary N) is 1. The van der Waals surface area contributed by atoms with Crippen molar-refractivity contribution < 1.29 is 9.15 Å². The molecule has 20 heavy (non-hydrogen) atoms. The summed E-state index contributed by atoms with van der Waals surface area (Å²) in [6, 6.07) is 9.51. The van der Waals surface area contributed by atoms with Crippen LogP contribution < -0.4 is 15.9 Å². The summed E-state index contributed by atoms with van der Waals surface area (Å²) in [5, 5.41) is 0. The van der Waals surface area contributed by atoms with Crippen LogP contribution in [-0.4, -0.2) is 0 Å². The minimum atomic E-state index is -0.212. The average Bonchev–Trinajstić information content (AvgIpc) is 2.46. The summed E-state index contributed by atoms with van der Waals surface area (Å²) in [4.78, 5) is 11.7. The molecule has 1 aromatic carbocycles. The van der Waals surface area contributed by atoms with Crippen LogP contribution in [0.1, 0.15) is 36.7 Å². The third-order valence-corrected chi connectivity index (χ3v) is 3.09. The highest BCUT2D eigenvalue weighted by atomic mass is 16.5. The van der Waals surface area contributed by atoms with Gasteiger partial charge in [-0.05, 0) is 17.0 Å². The van der Waals surface area contributed by atoms with Crippen molar-refractivity contribution in [1.82, 2.24) is 0 Å². The number of hydrogen-bond acceptors (Lipinski definition) is 4. The second-order valence-corrected chi connectivity index (χ2v) is 4.96. The molecule has 0 fully saturated rings. The Hall–Kier alpha value is -2.07. The lowest BCUT2D eigenvalue weighted by atomic mass is 10.0. The second kappa shape index (κ2) is 6.39. The van der Waals surface area contributed by atoms with Crippen LogP contribution in [0.25, 0.3) is 0 Å². The molecule has 4 heteroatoms. The summed E-state index contributed by atoms with van der Waals surface area (Å²) in [5.74, 6) is 1.15. The van der Waals surface area contributed by atoms with E-state index in [9.17, 15) is 4.79 Å². The van der Waals surface area contributed by atoms with Crippen LogP contribution in [0.4, 0.5) is 0 Å². The molecule has 1 heterocycles. The highest BCUT2D eigenvalue weighted by molar-refractivity contribution is 5.25. The SMILES string of the molecule is CC(C)c1ccc(COc2coc(CN)cc2=O)cc1. The highest BCUT2D eigenvalue weighted by Gasteiger charge is 2.05. The van der Waals surface area contributed by atoms with Gasteiger partial charge in [0, 0.05) is 6.07 Å². The van der Waals surface area contributed by atoms with Gasteiger partial charge in [0.2, 0.25) is 11.2 Å².